The van der Waals surface area contributed by atoms with E-state index in [0.29, 0.717) is 6.42 Å². The van der Waals surface area contributed by atoms with Gasteiger partial charge >= 0.3 is 0 Å². The van der Waals surface area contributed by atoms with Crippen molar-refractivity contribution in [3.8, 4) is 0 Å². The van der Waals surface area contributed by atoms with Crippen LogP contribution in [0.2, 0.25) is 0 Å². The van der Waals surface area contributed by atoms with Gasteiger partial charge in [0.2, 0.25) is 5.91 Å². The van der Waals surface area contributed by atoms with E-state index in [-0.39, 0.29) is 12.5 Å². The Morgan fingerprint density at radius 2 is 1.00 bits per heavy atom. The van der Waals surface area contributed by atoms with Crippen molar-refractivity contribution in [2.45, 2.75) is 180 Å². The minimum atomic E-state index is -0.866. The second-order valence-electron chi connectivity index (χ2n) is 11.9. The zero-order chi connectivity index (χ0) is 30.8. The number of aliphatic hydroxyl groups excluding tert-OH is 2. The summed E-state index contributed by atoms with van der Waals surface area (Å²) in [5.41, 5.74) is 0. The van der Waals surface area contributed by atoms with Crippen LogP contribution in [0.4, 0.5) is 0 Å². The van der Waals surface area contributed by atoms with Gasteiger partial charge in [0.15, 0.2) is 0 Å². The highest BCUT2D eigenvalue weighted by Gasteiger charge is 2.17. The molecule has 0 fully saturated rings. The summed E-state index contributed by atoms with van der Waals surface area (Å²) >= 11 is 0. The van der Waals surface area contributed by atoms with E-state index in [9.17, 15) is 15.0 Å². The third-order valence-electron chi connectivity index (χ3n) is 7.78. The number of carbonyl (C=O) groups is 1. The van der Waals surface area contributed by atoms with Crippen molar-refractivity contribution in [3.05, 3.63) is 48.6 Å². The number of unbranched alkanes of at least 4 members (excludes halogenated alkanes) is 18. The minimum absolute atomic E-state index is 0.0911. The lowest BCUT2D eigenvalue weighted by molar-refractivity contribution is -0.123. The topological polar surface area (TPSA) is 69.6 Å². The summed E-state index contributed by atoms with van der Waals surface area (Å²) < 4.78 is 0. The molecule has 0 aliphatic carbocycles. The molecule has 0 saturated carbocycles. The van der Waals surface area contributed by atoms with Gasteiger partial charge in [-0.2, -0.15) is 0 Å². The highest BCUT2D eigenvalue weighted by molar-refractivity contribution is 5.76. The van der Waals surface area contributed by atoms with Crippen LogP contribution in [0.1, 0.15) is 168 Å². The smallest absolute Gasteiger partial charge is 0.220 e. The fourth-order valence-corrected chi connectivity index (χ4v) is 4.99. The second kappa shape index (κ2) is 33.8. The summed E-state index contributed by atoms with van der Waals surface area (Å²) in [6, 6.07) is -0.645. The number of amides is 1. The number of allylic oxidation sites excluding steroid dienone is 7. The Labute approximate surface area is 261 Å². The fourth-order valence-electron chi connectivity index (χ4n) is 4.99. The quantitative estimate of drug-likeness (QED) is 0.0558. The van der Waals surface area contributed by atoms with Crippen LogP contribution in [0.5, 0.6) is 0 Å². The van der Waals surface area contributed by atoms with Crippen LogP contribution < -0.4 is 5.32 Å². The molecule has 0 aromatic heterocycles. The maximum Gasteiger partial charge on any atom is 0.220 e. The molecule has 4 nitrogen and oxygen atoms in total. The number of rotatable bonds is 31. The van der Waals surface area contributed by atoms with Gasteiger partial charge in [0.25, 0.3) is 0 Å². The van der Waals surface area contributed by atoms with Gasteiger partial charge in [-0.1, -0.05) is 146 Å². The molecular weight excluding hydrogens is 518 g/mol. The summed E-state index contributed by atoms with van der Waals surface area (Å²) in [5, 5.41) is 22.8. The molecule has 0 spiro atoms. The first kappa shape index (κ1) is 40.4. The molecule has 0 radical (unpaired) electrons. The number of aliphatic hydroxyl groups is 2. The van der Waals surface area contributed by atoms with E-state index < -0.39 is 12.1 Å². The Balaban J connectivity index is 3.73. The second-order valence-corrected chi connectivity index (χ2v) is 11.9. The summed E-state index contributed by atoms with van der Waals surface area (Å²) in [5.74, 6) is -0.0911. The predicted octanol–water partition coefficient (Wildman–Crippen LogP) is 10.5. The molecule has 0 aliphatic rings. The fraction of sp³-hybridized carbons (Fsp3) is 0.763. The van der Waals surface area contributed by atoms with E-state index in [2.05, 4.69) is 55.6 Å². The normalized spacial score (nSPS) is 13.7. The standard InChI is InChI=1S/C38H69NO3/c1-3-5-7-9-11-13-15-17-19-21-23-25-27-29-31-33-37(41)36(35-40)39-38(42)34-32-30-28-26-24-22-20-18-16-14-12-10-8-6-4-2/h12,14,18,20,23,25,31,33,36-37,40-41H,3-11,13,15-17,19,21-22,24,26-30,32,34-35H2,1-2H3,(H,39,42)/b14-12+,20-18+,25-23+,33-31+/t36-,37+/m0/s1. The molecule has 2 atom stereocenters. The Morgan fingerprint density at radius 3 is 1.57 bits per heavy atom. The summed E-state index contributed by atoms with van der Waals surface area (Å²) in [4.78, 5) is 12.3. The first-order valence-corrected chi connectivity index (χ1v) is 17.9. The third-order valence-corrected chi connectivity index (χ3v) is 7.78. The van der Waals surface area contributed by atoms with E-state index in [1.165, 1.54) is 96.3 Å². The first-order valence-electron chi connectivity index (χ1n) is 17.9. The number of carbonyl (C=O) groups excluding carboxylic acids is 1. The van der Waals surface area contributed by atoms with Crippen LogP contribution in [0.15, 0.2) is 48.6 Å². The lowest BCUT2D eigenvalue weighted by Crippen LogP contribution is -2.45. The van der Waals surface area contributed by atoms with Gasteiger partial charge in [0.1, 0.15) is 0 Å². The zero-order valence-electron chi connectivity index (χ0n) is 27.8. The van der Waals surface area contributed by atoms with Gasteiger partial charge in [-0.25, -0.2) is 0 Å². The molecule has 244 valence electrons. The zero-order valence-corrected chi connectivity index (χ0v) is 27.8. The lowest BCUT2D eigenvalue weighted by Gasteiger charge is -2.19. The molecule has 3 N–H and O–H groups in total. The highest BCUT2D eigenvalue weighted by atomic mass is 16.3. The van der Waals surface area contributed by atoms with Crippen LogP contribution >= 0.6 is 0 Å². The number of nitrogens with one attached hydrogen (secondary N) is 1. The molecule has 0 rings (SSSR count). The molecule has 0 heterocycles. The SMILES string of the molecule is CCCCC/C=C/C/C=C/CCCCCCCC(=O)N[C@@H](CO)[C@H](O)/C=C/CC/C=C/CCCCCCCCCCC. The van der Waals surface area contributed by atoms with Gasteiger partial charge < -0.3 is 15.5 Å². The maximum absolute atomic E-state index is 12.3. The Bertz CT molecular complexity index is 682. The van der Waals surface area contributed by atoms with Crippen LogP contribution in [0.25, 0.3) is 0 Å². The summed E-state index contributed by atoms with van der Waals surface area (Å²) in [6.07, 6.45) is 44.7. The van der Waals surface area contributed by atoms with Crippen LogP contribution in [0, 0.1) is 0 Å². The number of hydrogen-bond acceptors (Lipinski definition) is 3. The van der Waals surface area contributed by atoms with E-state index in [1.54, 1.807) is 6.08 Å². The van der Waals surface area contributed by atoms with Crippen molar-refractivity contribution < 1.29 is 15.0 Å². The molecule has 4 heteroatoms. The van der Waals surface area contributed by atoms with Crippen molar-refractivity contribution in [2.24, 2.45) is 0 Å². The molecule has 42 heavy (non-hydrogen) atoms. The minimum Gasteiger partial charge on any atom is -0.394 e. The highest BCUT2D eigenvalue weighted by Crippen LogP contribution is 2.11. The first-order chi connectivity index (χ1) is 20.7. The third kappa shape index (κ3) is 29.8. The molecular formula is C38H69NO3. The maximum atomic E-state index is 12.3. The van der Waals surface area contributed by atoms with Crippen molar-refractivity contribution in [1.82, 2.24) is 5.32 Å². The van der Waals surface area contributed by atoms with Crippen molar-refractivity contribution in [3.63, 3.8) is 0 Å². The van der Waals surface area contributed by atoms with Gasteiger partial charge in [0.05, 0.1) is 18.8 Å². The average molecular weight is 588 g/mol. The Hall–Kier alpha value is -1.65. The molecule has 0 aromatic carbocycles. The Kier molecular flexibility index (Phi) is 32.5. The van der Waals surface area contributed by atoms with Crippen LogP contribution in [-0.2, 0) is 4.79 Å². The van der Waals surface area contributed by atoms with Crippen molar-refractivity contribution >= 4 is 5.91 Å². The largest absolute Gasteiger partial charge is 0.394 e. The van der Waals surface area contributed by atoms with Gasteiger partial charge in [-0.05, 0) is 64.2 Å². The van der Waals surface area contributed by atoms with Gasteiger partial charge in [-0.15, -0.1) is 0 Å². The van der Waals surface area contributed by atoms with E-state index in [1.807, 2.05) is 6.08 Å². The van der Waals surface area contributed by atoms with E-state index >= 15 is 0 Å². The molecule has 0 unspecified atom stereocenters. The predicted molar refractivity (Wildman–Crippen MR) is 184 cm³/mol. The lowest BCUT2D eigenvalue weighted by atomic mass is 10.1. The van der Waals surface area contributed by atoms with E-state index in [4.69, 9.17) is 0 Å². The monoisotopic (exact) mass is 588 g/mol. The molecule has 1 amide bonds. The van der Waals surface area contributed by atoms with Crippen molar-refractivity contribution in [2.75, 3.05) is 6.61 Å². The average Bonchev–Trinajstić information content (AvgIpc) is 2.99. The van der Waals surface area contributed by atoms with Crippen molar-refractivity contribution in [1.29, 1.82) is 0 Å². The molecule has 0 aliphatic heterocycles. The summed E-state index contributed by atoms with van der Waals surface area (Å²) in [6.45, 7) is 4.24. The van der Waals surface area contributed by atoms with Crippen LogP contribution in [0.3, 0.4) is 0 Å². The molecule has 0 saturated heterocycles. The summed E-state index contributed by atoms with van der Waals surface area (Å²) in [7, 11) is 0. The van der Waals surface area contributed by atoms with Crippen LogP contribution in [-0.4, -0.2) is 34.9 Å². The molecule has 0 bridgehead atoms. The van der Waals surface area contributed by atoms with E-state index in [0.717, 1.165) is 51.4 Å². The Morgan fingerprint density at radius 1 is 0.571 bits per heavy atom. The van der Waals surface area contributed by atoms with Gasteiger partial charge in [0, 0.05) is 6.42 Å². The number of hydrogen-bond donors (Lipinski definition) is 3. The van der Waals surface area contributed by atoms with Gasteiger partial charge in [-0.3, -0.25) is 4.79 Å². The molecule has 0 aromatic rings.